The molecule has 0 amide bonds. The average molecular weight is 412 g/mol. The van der Waals surface area contributed by atoms with Crippen molar-refractivity contribution in [2.24, 2.45) is 0 Å². The molecule has 0 saturated heterocycles. The monoisotopic (exact) mass is 411 g/mol. The van der Waals surface area contributed by atoms with E-state index in [0.29, 0.717) is 19.4 Å². The molecule has 2 heterocycles. The number of anilines is 1. The number of aliphatic carboxylic acids is 1. The maximum Gasteiger partial charge on any atom is 0.304 e. The number of carboxylic acid groups (broad SMARTS) is 1. The molecule has 3 rings (SSSR count). The van der Waals surface area contributed by atoms with Crippen LogP contribution in [-0.4, -0.2) is 34.7 Å². The van der Waals surface area contributed by atoms with Crippen LogP contribution in [0.4, 0.5) is 5.69 Å². The van der Waals surface area contributed by atoms with Gasteiger partial charge in [0.05, 0.1) is 29.4 Å². The number of ether oxygens (including phenoxy) is 1. The molecular weight excluding hydrogens is 386 g/mol. The molecular formula is C22H25N3O3S. The van der Waals surface area contributed by atoms with Crippen molar-refractivity contribution in [2.75, 3.05) is 19.0 Å². The van der Waals surface area contributed by atoms with Crippen molar-refractivity contribution in [3.63, 3.8) is 0 Å². The highest BCUT2D eigenvalue weighted by Crippen LogP contribution is 2.28. The molecule has 1 aromatic carbocycles. The minimum atomic E-state index is -0.807. The Labute approximate surface area is 174 Å². The molecule has 0 aliphatic carbocycles. The Hall–Kier alpha value is -2.93. The first-order valence-electron chi connectivity index (χ1n) is 9.52. The van der Waals surface area contributed by atoms with Crippen LogP contribution >= 0.6 is 11.3 Å². The summed E-state index contributed by atoms with van der Waals surface area (Å²) in [7, 11) is 1.88. The van der Waals surface area contributed by atoms with Crippen molar-refractivity contribution < 1.29 is 14.6 Å². The van der Waals surface area contributed by atoms with Crippen molar-refractivity contribution in [3.8, 4) is 5.75 Å². The number of pyridine rings is 1. The summed E-state index contributed by atoms with van der Waals surface area (Å²) in [5.41, 5.74) is 3.98. The number of nitrogens with one attached hydrogen (secondary N) is 1. The topological polar surface area (TPSA) is 84.3 Å². The minimum absolute atomic E-state index is 0.0725. The number of rotatable bonds is 10. The van der Waals surface area contributed by atoms with E-state index in [4.69, 9.17) is 4.74 Å². The van der Waals surface area contributed by atoms with E-state index in [0.717, 1.165) is 33.4 Å². The lowest BCUT2D eigenvalue weighted by molar-refractivity contribution is -0.137. The number of aryl methyl sites for hydroxylation is 1. The van der Waals surface area contributed by atoms with Crippen LogP contribution in [0.15, 0.2) is 48.0 Å². The number of benzene rings is 1. The summed E-state index contributed by atoms with van der Waals surface area (Å²) < 4.78 is 5.85. The van der Waals surface area contributed by atoms with Crippen molar-refractivity contribution in [3.05, 3.63) is 69.9 Å². The zero-order chi connectivity index (χ0) is 20.6. The zero-order valence-electron chi connectivity index (χ0n) is 16.6. The highest BCUT2D eigenvalue weighted by Gasteiger charge is 2.19. The Morgan fingerprint density at radius 1 is 1.28 bits per heavy atom. The fourth-order valence-electron chi connectivity index (χ4n) is 3.15. The van der Waals surface area contributed by atoms with E-state index < -0.39 is 5.97 Å². The van der Waals surface area contributed by atoms with Gasteiger partial charge in [0, 0.05) is 36.7 Å². The molecule has 0 bridgehead atoms. The third kappa shape index (κ3) is 6.02. The van der Waals surface area contributed by atoms with Gasteiger partial charge in [-0.2, -0.15) is 0 Å². The second-order valence-corrected chi connectivity index (χ2v) is 7.71. The predicted octanol–water partition coefficient (Wildman–Crippen LogP) is 4.31. The molecule has 2 N–H and O–H groups in total. The van der Waals surface area contributed by atoms with E-state index in [1.165, 1.54) is 11.3 Å². The van der Waals surface area contributed by atoms with Gasteiger partial charge < -0.3 is 15.2 Å². The summed E-state index contributed by atoms with van der Waals surface area (Å²) in [4.78, 5) is 20.1. The van der Waals surface area contributed by atoms with Gasteiger partial charge in [0.15, 0.2) is 0 Å². The second kappa shape index (κ2) is 10.0. The summed E-state index contributed by atoms with van der Waals surface area (Å²) in [6, 6.07) is 11.7. The normalized spacial score (nSPS) is 11.8. The van der Waals surface area contributed by atoms with E-state index in [-0.39, 0.29) is 12.3 Å². The smallest absolute Gasteiger partial charge is 0.304 e. The van der Waals surface area contributed by atoms with Gasteiger partial charge in [0.2, 0.25) is 0 Å². The van der Waals surface area contributed by atoms with Crippen LogP contribution < -0.4 is 10.1 Å². The Morgan fingerprint density at radius 3 is 2.72 bits per heavy atom. The summed E-state index contributed by atoms with van der Waals surface area (Å²) in [6.07, 6.45) is 3.20. The highest BCUT2D eigenvalue weighted by atomic mass is 32.1. The van der Waals surface area contributed by atoms with Crippen LogP contribution in [0.1, 0.15) is 34.3 Å². The predicted molar refractivity (Wildman–Crippen MR) is 115 cm³/mol. The molecule has 2 aromatic heterocycles. The van der Waals surface area contributed by atoms with E-state index in [2.05, 4.69) is 15.3 Å². The van der Waals surface area contributed by atoms with Gasteiger partial charge >= 0.3 is 5.97 Å². The summed E-state index contributed by atoms with van der Waals surface area (Å²) in [5.74, 6) is -0.143. The number of hydrogen-bond acceptors (Lipinski definition) is 6. The number of nitrogens with zero attached hydrogens (tertiary/aromatic N) is 2. The molecule has 0 saturated carbocycles. The summed E-state index contributed by atoms with van der Waals surface area (Å²) in [5, 5.41) is 15.2. The quantitative estimate of drug-likeness (QED) is 0.517. The summed E-state index contributed by atoms with van der Waals surface area (Å²) >= 11 is 1.52. The van der Waals surface area contributed by atoms with Gasteiger partial charge in [-0.05, 0) is 43.2 Å². The van der Waals surface area contributed by atoms with Crippen LogP contribution in [-0.2, 0) is 17.6 Å². The third-order valence-electron chi connectivity index (χ3n) is 4.58. The first kappa shape index (κ1) is 20.8. The van der Waals surface area contributed by atoms with Gasteiger partial charge in [-0.25, -0.2) is 4.98 Å². The van der Waals surface area contributed by atoms with E-state index >= 15 is 0 Å². The molecule has 6 nitrogen and oxygen atoms in total. The van der Waals surface area contributed by atoms with E-state index in [1.807, 2.05) is 55.7 Å². The lowest BCUT2D eigenvalue weighted by atomic mass is 9.96. The molecule has 0 fully saturated rings. The van der Waals surface area contributed by atoms with E-state index in [9.17, 15) is 9.90 Å². The van der Waals surface area contributed by atoms with Gasteiger partial charge in [-0.15, -0.1) is 11.3 Å². The van der Waals surface area contributed by atoms with Crippen LogP contribution in [0.5, 0.6) is 5.75 Å². The van der Waals surface area contributed by atoms with Gasteiger partial charge in [0.1, 0.15) is 5.75 Å². The third-order valence-corrected chi connectivity index (χ3v) is 5.70. The molecule has 1 atom stereocenters. The Bertz CT molecular complexity index is 940. The first-order valence-corrected chi connectivity index (χ1v) is 10.4. The number of carboxylic acids is 1. The molecule has 7 heteroatoms. The van der Waals surface area contributed by atoms with Crippen molar-refractivity contribution in [1.82, 2.24) is 9.97 Å². The van der Waals surface area contributed by atoms with E-state index in [1.54, 1.807) is 6.20 Å². The highest BCUT2D eigenvalue weighted by molar-refractivity contribution is 7.09. The number of thiazole rings is 1. The molecule has 3 aromatic rings. The number of aromatic nitrogens is 2. The molecule has 29 heavy (non-hydrogen) atoms. The average Bonchev–Trinajstić information content (AvgIpc) is 3.15. The Kier molecular flexibility index (Phi) is 7.19. The fraction of sp³-hybridized carbons (Fsp3) is 0.318. The van der Waals surface area contributed by atoms with Gasteiger partial charge in [0.25, 0.3) is 0 Å². The largest absolute Gasteiger partial charge is 0.493 e. The van der Waals surface area contributed by atoms with Gasteiger partial charge in [-0.1, -0.05) is 12.1 Å². The van der Waals surface area contributed by atoms with Crippen LogP contribution in [0.25, 0.3) is 0 Å². The van der Waals surface area contributed by atoms with Crippen molar-refractivity contribution in [1.29, 1.82) is 0 Å². The Morgan fingerprint density at radius 2 is 2.07 bits per heavy atom. The van der Waals surface area contributed by atoms with Crippen molar-refractivity contribution >= 4 is 23.0 Å². The number of hydrogen-bond donors (Lipinski definition) is 2. The Balaban J connectivity index is 1.58. The summed E-state index contributed by atoms with van der Waals surface area (Å²) in [6.45, 7) is 2.46. The lowest BCUT2D eigenvalue weighted by Gasteiger charge is -2.13. The minimum Gasteiger partial charge on any atom is -0.493 e. The molecule has 152 valence electrons. The number of carbonyl (C=O) groups is 1. The SMILES string of the molecule is CNc1cccnc1CCOc1ccc(CC(CC(=O)O)c2nc(C)cs2)cc1. The molecule has 1 unspecified atom stereocenters. The molecule has 0 aliphatic rings. The molecule has 0 spiro atoms. The molecule has 0 aliphatic heterocycles. The van der Waals surface area contributed by atoms with Crippen LogP contribution in [0.3, 0.4) is 0 Å². The van der Waals surface area contributed by atoms with Crippen molar-refractivity contribution in [2.45, 2.75) is 32.1 Å². The first-order chi connectivity index (χ1) is 14.0. The molecule has 0 radical (unpaired) electrons. The fourth-order valence-corrected chi connectivity index (χ4v) is 4.05. The standard InChI is InChI=1S/C22H25N3O3S/c1-15-14-29-22(25-15)17(13-21(26)27)12-16-5-7-18(8-6-16)28-11-9-20-19(23-2)4-3-10-24-20/h3-8,10,14,17,23H,9,11-13H2,1-2H3,(H,26,27). The maximum absolute atomic E-state index is 11.3. The maximum atomic E-state index is 11.3. The zero-order valence-corrected chi connectivity index (χ0v) is 17.4. The lowest BCUT2D eigenvalue weighted by Crippen LogP contribution is -2.09. The van der Waals surface area contributed by atoms with Crippen LogP contribution in [0, 0.1) is 6.92 Å². The van der Waals surface area contributed by atoms with Crippen LogP contribution in [0.2, 0.25) is 0 Å². The van der Waals surface area contributed by atoms with Gasteiger partial charge in [-0.3, -0.25) is 9.78 Å². The second-order valence-electron chi connectivity index (χ2n) is 6.82.